The Balaban J connectivity index is 0.000000141. The summed E-state index contributed by atoms with van der Waals surface area (Å²) in [5, 5.41) is 17.0. The summed E-state index contributed by atoms with van der Waals surface area (Å²) in [5.74, 6) is 7.54. The van der Waals surface area contributed by atoms with Gasteiger partial charge in [-0.05, 0) is 255 Å². The van der Waals surface area contributed by atoms with Gasteiger partial charge in [0.25, 0.3) is 0 Å². The van der Waals surface area contributed by atoms with Crippen LogP contribution in [0.3, 0.4) is 0 Å². The van der Waals surface area contributed by atoms with Crippen LogP contribution < -0.4 is 36.7 Å². The van der Waals surface area contributed by atoms with Gasteiger partial charge in [0.05, 0.1) is 0 Å². The molecule has 6 fully saturated rings. The van der Waals surface area contributed by atoms with E-state index in [0.717, 1.165) is 200 Å². The Kier molecular flexibility index (Phi) is 28.7. The smallest absolute Gasteiger partial charge is 0.410 e. The minimum atomic E-state index is -0.481. The number of nitrogen functional groups attached to an aromatic ring is 3. The second kappa shape index (κ2) is 40.6. The lowest BCUT2D eigenvalue weighted by molar-refractivity contribution is -0.120. The molecule has 28 nitrogen and oxygen atoms in total. The van der Waals surface area contributed by atoms with E-state index >= 15 is 0 Å². The quantitative estimate of drug-likeness (QED) is 0.0735. The van der Waals surface area contributed by atoms with Crippen LogP contribution in [-0.4, -0.2) is 198 Å². The van der Waals surface area contributed by atoms with Crippen LogP contribution in [0.15, 0.2) is 201 Å². The van der Waals surface area contributed by atoms with Gasteiger partial charge in [0.15, 0.2) is 17.5 Å². The first-order valence-corrected chi connectivity index (χ1v) is 46.0. The highest BCUT2D eigenvalue weighted by atomic mass is 16.6. The van der Waals surface area contributed by atoms with Crippen LogP contribution in [0.2, 0.25) is 0 Å². The number of nitrogens with two attached hydrogens (primary N) is 3. The molecule has 6 aliphatic rings. The van der Waals surface area contributed by atoms with E-state index in [4.69, 9.17) is 45.6 Å². The van der Waals surface area contributed by atoms with Gasteiger partial charge in [0.2, 0.25) is 0 Å². The maximum absolute atomic E-state index is 12.7. The molecule has 7 N–H and O–H groups in total. The van der Waals surface area contributed by atoms with Gasteiger partial charge in [-0.3, -0.25) is 14.6 Å². The molecule has 3 saturated heterocycles. The molecule has 28 heteroatoms. The van der Waals surface area contributed by atoms with Gasteiger partial charge in [-0.25, -0.2) is 42.9 Å². The summed E-state index contributed by atoms with van der Waals surface area (Å²) >= 11 is 0. The number of hydrogen-bond acceptors (Lipinski definition) is 22. The Morgan fingerprint density at radius 3 is 0.954 bits per heavy atom. The molecule has 130 heavy (non-hydrogen) atoms. The summed E-state index contributed by atoms with van der Waals surface area (Å²) in [5.41, 5.74) is 29.9. The van der Waals surface area contributed by atoms with Crippen molar-refractivity contribution >= 4 is 58.1 Å². The van der Waals surface area contributed by atoms with E-state index in [1.54, 1.807) is 17.6 Å². The number of nitrogens with one attached hydrogen (secondary N) is 1. The van der Waals surface area contributed by atoms with Crippen LogP contribution in [0.4, 0.5) is 31.8 Å². The molecule has 18 rings (SSSR count). The van der Waals surface area contributed by atoms with E-state index in [-0.39, 0.29) is 36.4 Å². The van der Waals surface area contributed by atoms with Crippen LogP contribution >= 0.6 is 0 Å². The van der Waals surface area contributed by atoms with Crippen molar-refractivity contribution in [3.05, 3.63) is 218 Å². The number of carbonyl (C=O) groups is 4. The minimum absolute atomic E-state index is 0.127. The van der Waals surface area contributed by atoms with Crippen molar-refractivity contribution in [1.29, 1.82) is 0 Å². The van der Waals surface area contributed by atoms with Gasteiger partial charge < -0.3 is 65.6 Å². The summed E-state index contributed by atoms with van der Waals surface area (Å²) in [6, 6.07) is 61.6. The Morgan fingerprint density at radius 2 is 0.662 bits per heavy atom. The Bertz CT molecular complexity index is 5570. The molecule has 684 valence electrons. The SMILES string of the molecule is C[C@H]1CN(C2CCC(c3cc(-c4ccc(Oc5ccccc5)cc4)c4c(N)ncnn34)CC2)CCN1C(=O)OC(C)(C)C.C[C@H]1CN(C2CCC(c3cc(-c4ccc(Oc5ccccc5)cc4)c4c(N)ncnn34)CC2)CCN1C(=O)OC(C)(C)C.C[C@H]1CNCCN1C(=O)OC(C)(C)C.Nc1ncnn2c(C3CCC(=O)CC3)cc(-c3ccc(Oc4ccccc4)cc3)c12. The monoisotopic (exact) mass is 1760 g/mol. The number of ketones is 1. The number of fused-ring (bicyclic) bond motifs is 3. The molecule has 3 aliphatic heterocycles. The number of aromatic nitrogens is 9. The zero-order valence-electron chi connectivity index (χ0n) is 77.1. The maximum Gasteiger partial charge on any atom is 0.410 e. The van der Waals surface area contributed by atoms with Gasteiger partial charge in [-0.15, -0.1) is 0 Å². The summed E-state index contributed by atoms with van der Waals surface area (Å²) in [4.78, 5) is 72.3. The molecule has 0 unspecified atom stereocenters. The van der Waals surface area contributed by atoms with Crippen molar-refractivity contribution < 1.29 is 47.6 Å². The van der Waals surface area contributed by atoms with Crippen molar-refractivity contribution in [2.24, 2.45) is 0 Å². The minimum Gasteiger partial charge on any atom is -0.457 e. The summed E-state index contributed by atoms with van der Waals surface area (Å²) < 4.78 is 40.4. The topological polar surface area (TPSA) is 321 Å². The Labute approximate surface area is 762 Å². The lowest BCUT2D eigenvalue weighted by Crippen LogP contribution is -2.57. The highest BCUT2D eigenvalue weighted by molar-refractivity contribution is 5.91. The largest absolute Gasteiger partial charge is 0.457 e. The number of benzene rings is 6. The molecule has 3 amide bonds. The number of Topliss-reactive ketones (excluding diaryl/α,β-unsaturated/α-hetero) is 1. The fraction of sp³-hybridized carbons (Fsp3) is 0.431. The fourth-order valence-corrected chi connectivity index (χ4v) is 18.8. The third kappa shape index (κ3) is 22.8. The number of carbonyl (C=O) groups excluding carboxylic acids is 4. The van der Waals surface area contributed by atoms with Crippen LogP contribution in [0.5, 0.6) is 34.5 Å². The molecule has 3 aliphatic carbocycles. The molecule has 0 bridgehead atoms. The molecular weight excluding hydrogens is 1640 g/mol. The lowest BCUT2D eigenvalue weighted by atomic mass is 9.83. The lowest BCUT2D eigenvalue weighted by Gasteiger charge is -2.45. The van der Waals surface area contributed by atoms with Crippen LogP contribution in [0.1, 0.15) is 195 Å². The van der Waals surface area contributed by atoms with Crippen molar-refractivity contribution in [2.45, 2.75) is 225 Å². The van der Waals surface area contributed by atoms with Gasteiger partial charge >= 0.3 is 18.3 Å². The average Bonchev–Trinajstić information content (AvgIpc) is 1.62. The predicted octanol–water partition coefficient (Wildman–Crippen LogP) is 19.7. The number of hydrogen-bond donors (Lipinski definition) is 4. The standard InChI is InChI=1S/2C34H42N6O3.C24H22N4O2.C10H20N2O2/c2*1-23-21-38(18-19-39(23)33(41)43-34(2,3)4)26-14-10-25(11-15-26)30-20-29(31-32(35)36-22-37-40(30)31)24-12-16-28(17-13-24)42-27-8-6-5-7-9-27;25-24-23-21(16-8-12-20(13-9-16)30-19-4-2-1-3-5-19)14-22(28(23)27-15-26-24)17-6-10-18(29)11-7-17;1-8-7-11-5-6-12(8)9(13)14-10(2,3)4/h2*5-9,12-13,16-17,20,22-23,25-26H,10-11,14-15,18-19,21H2,1-4H3,(H2,35,36,37);1-5,8-9,12-15,17H,6-7,10-11H2,(H2,25,26,27);8,11H,5-7H2,1-4H3/t2*23-,25?,26?;;8-/m00.0/s1. The highest BCUT2D eigenvalue weighted by Gasteiger charge is 2.39. The molecule has 9 heterocycles. The molecule has 6 aromatic carbocycles. The van der Waals surface area contributed by atoms with Crippen molar-refractivity contribution in [2.75, 3.05) is 76.1 Å². The van der Waals surface area contributed by atoms with Gasteiger partial charge in [-0.1, -0.05) is 91.0 Å². The summed E-state index contributed by atoms with van der Waals surface area (Å²) in [7, 11) is 0. The zero-order chi connectivity index (χ0) is 91.5. The van der Waals surface area contributed by atoms with E-state index in [1.165, 1.54) is 17.7 Å². The molecule has 12 aromatic rings. The van der Waals surface area contributed by atoms with Gasteiger partial charge in [0, 0.05) is 153 Å². The number of rotatable bonds is 14. The van der Waals surface area contributed by atoms with E-state index in [0.29, 0.717) is 79.0 Å². The second-order valence-electron chi connectivity index (χ2n) is 38.1. The second-order valence-corrected chi connectivity index (χ2v) is 38.1. The molecule has 0 spiro atoms. The number of amides is 3. The third-order valence-corrected chi connectivity index (χ3v) is 25.2. The van der Waals surface area contributed by atoms with Crippen LogP contribution in [-0.2, 0) is 19.0 Å². The first kappa shape index (κ1) is 92.1. The van der Waals surface area contributed by atoms with Crippen LogP contribution in [0.25, 0.3) is 49.9 Å². The van der Waals surface area contributed by atoms with Gasteiger partial charge in [-0.2, -0.15) is 15.3 Å². The molecule has 3 atom stereocenters. The summed E-state index contributed by atoms with van der Waals surface area (Å²) in [6.45, 7) is 30.8. The van der Waals surface area contributed by atoms with Crippen molar-refractivity contribution in [3.63, 3.8) is 0 Å². The van der Waals surface area contributed by atoms with E-state index in [2.05, 4.69) is 102 Å². The molecule has 6 aromatic heterocycles. The fourth-order valence-electron chi connectivity index (χ4n) is 18.8. The number of nitrogens with zero attached hydrogens (tertiary/aromatic N) is 14. The number of anilines is 3. The van der Waals surface area contributed by atoms with Gasteiger partial charge in [0.1, 0.15) is 92.6 Å². The Hall–Kier alpha value is -12.7. The first-order valence-electron chi connectivity index (χ1n) is 46.0. The summed E-state index contributed by atoms with van der Waals surface area (Å²) in [6.07, 6.45) is 15.6. The number of ether oxygens (including phenoxy) is 6. The average molecular weight is 1760 g/mol. The molecule has 0 radical (unpaired) electrons. The van der Waals surface area contributed by atoms with Crippen molar-refractivity contribution in [1.82, 2.24) is 73.6 Å². The van der Waals surface area contributed by atoms with E-state index in [9.17, 15) is 19.2 Å². The maximum atomic E-state index is 12.7. The van der Waals surface area contributed by atoms with Crippen LogP contribution in [0, 0.1) is 0 Å². The normalized spacial score (nSPS) is 20.2. The van der Waals surface area contributed by atoms with Crippen molar-refractivity contribution in [3.8, 4) is 67.9 Å². The van der Waals surface area contributed by atoms with E-state index in [1.807, 2.05) is 232 Å². The molecule has 3 saturated carbocycles. The Morgan fingerprint density at radius 1 is 0.369 bits per heavy atom. The molecular formula is C102H126N18O10. The predicted molar refractivity (Wildman–Crippen MR) is 507 cm³/mol. The number of para-hydroxylation sites is 3. The third-order valence-electron chi connectivity index (χ3n) is 25.2. The van der Waals surface area contributed by atoms with E-state index < -0.39 is 16.8 Å². The number of piperazine rings is 3. The highest BCUT2D eigenvalue weighted by Crippen LogP contribution is 2.45. The first-order chi connectivity index (χ1) is 62.4. The zero-order valence-corrected chi connectivity index (χ0v) is 77.1.